The van der Waals surface area contributed by atoms with Gasteiger partial charge in [-0.15, -0.1) is 0 Å². The molecule has 0 amide bonds. The van der Waals surface area contributed by atoms with Crippen molar-refractivity contribution >= 4 is 0 Å². The van der Waals surface area contributed by atoms with Gasteiger partial charge >= 0.3 is 0 Å². The number of nitrogens with one attached hydrogen (secondary N) is 1. The number of nitrogens with zero attached hydrogens (tertiary/aromatic N) is 1. The highest BCUT2D eigenvalue weighted by Gasteiger charge is 2.32. The molecule has 0 aliphatic carbocycles. The summed E-state index contributed by atoms with van der Waals surface area (Å²) in [6, 6.07) is 0. The summed E-state index contributed by atoms with van der Waals surface area (Å²) in [4.78, 5) is 2.25. The smallest absolute Gasteiger partial charge is 0.0902 e. The van der Waals surface area contributed by atoms with E-state index in [1.165, 1.54) is 0 Å². The number of hydrogen-bond acceptors (Lipinski definition) is 4. The third kappa shape index (κ3) is 5.25. The molecular weight excluding hydrogens is 204 g/mol. The van der Waals surface area contributed by atoms with Crippen LogP contribution in [0.4, 0.5) is 0 Å². The molecule has 1 rings (SSSR count). The van der Waals surface area contributed by atoms with Crippen molar-refractivity contribution in [3.63, 3.8) is 0 Å². The van der Waals surface area contributed by atoms with Gasteiger partial charge in [-0.05, 0) is 27.8 Å². The van der Waals surface area contributed by atoms with Crippen molar-refractivity contribution in [1.82, 2.24) is 10.2 Å². The molecule has 96 valence electrons. The predicted octanol–water partition coefficient (Wildman–Crippen LogP) is 0.722. The van der Waals surface area contributed by atoms with Crippen LogP contribution in [0.5, 0.6) is 0 Å². The van der Waals surface area contributed by atoms with E-state index in [1.807, 2.05) is 0 Å². The Balaban J connectivity index is 1.95. The molecule has 1 aliphatic rings. The molecule has 1 aliphatic heterocycles. The summed E-state index contributed by atoms with van der Waals surface area (Å²) in [5.41, 5.74) is 0.0786. The standard InChI is InChI=1S/C12H26N2O2/c1-11(2)15-7-5-14(4)6-8-16-12(3)9-13-10-12/h11,13H,5-10H2,1-4H3. The Morgan fingerprint density at radius 1 is 1.25 bits per heavy atom. The largest absolute Gasteiger partial charge is 0.377 e. The van der Waals surface area contributed by atoms with Crippen LogP contribution in [0.25, 0.3) is 0 Å². The molecule has 1 saturated heterocycles. The van der Waals surface area contributed by atoms with Gasteiger partial charge in [-0.3, -0.25) is 0 Å². The normalized spacial score (nSPS) is 19.1. The minimum atomic E-state index is 0.0786. The van der Waals surface area contributed by atoms with Crippen molar-refractivity contribution in [2.45, 2.75) is 32.5 Å². The van der Waals surface area contributed by atoms with Gasteiger partial charge in [-0.2, -0.15) is 0 Å². The minimum Gasteiger partial charge on any atom is -0.377 e. The number of likely N-dealkylation sites (N-methyl/N-ethyl adjacent to an activating group) is 1. The van der Waals surface area contributed by atoms with E-state index in [4.69, 9.17) is 9.47 Å². The second-order valence-corrected chi connectivity index (χ2v) is 5.12. The van der Waals surface area contributed by atoms with E-state index in [0.717, 1.165) is 39.4 Å². The van der Waals surface area contributed by atoms with Crippen LogP contribution < -0.4 is 5.32 Å². The third-order valence-corrected chi connectivity index (χ3v) is 2.85. The maximum absolute atomic E-state index is 5.82. The molecule has 0 unspecified atom stereocenters. The van der Waals surface area contributed by atoms with Crippen LogP contribution in [0.1, 0.15) is 20.8 Å². The Morgan fingerprint density at radius 3 is 2.38 bits per heavy atom. The van der Waals surface area contributed by atoms with Crippen LogP contribution >= 0.6 is 0 Å². The molecule has 0 spiro atoms. The fourth-order valence-corrected chi connectivity index (χ4v) is 1.58. The highest BCUT2D eigenvalue weighted by atomic mass is 16.5. The van der Waals surface area contributed by atoms with E-state index in [-0.39, 0.29) is 5.60 Å². The fourth-order valence-electron chi connectivity index (χ4n) is 1.58. The van der Waals surface area contributed by atoms with Crippen molar-refractivity contribution in [1.29, 1.82) is 0 Å². The molecule has 0 saturated carbocycles. The molecule has 0 aromatic rings. The second-order valence-electron chi connectivity index (χ2n) is 5.12. The van der Waals surface area contributed by atoms with E-state index in [9.17, 15) is 0 Å². The highest BCUT2D eigenvalue weighted by molar-refractivity contribution is 4.90. The van der Waals surface area contributed by atoms with Gasteiger partial charge in [-0.25, -0.2) is 0 Å². The summed E-state index contributed by atoms with van der Waals surface area (Å²) >= 11 is 0. The van der Waals surface area contributed by atoms with Crippen LogP contribution in [0.3, 0.4) is 0 Å². The summed E-state index contributed by atoms with van der Waals surface area (Å²) < 4.78 is 11.3. The summed E-state index contributed by atoms with van der Waals surface area (Å²) in [6.07, 6.45) is 0.324. The lowest BCUT2D eigenvalue weighted by Gasteiger charge is -2.39. The van der Waals surface area contributed by atoms with Gasteiger partial charge in [0, 0.05) is 26.2 Å². The molecule has 1 fully saturated rings. The van der Waals surface area contributed by atoms with E-state index >= 15 is 0 Å². The molecule has 0 atom stereocenters. The molecule has 0 bridgehead atoms. The summed E-state index contributed by atoms with van der Waals surface area (Å²) in [5.74, 6) is 0. The minimum absolute atomic E-state index is 0.0786. The molecule has 0 radical (unpaired) electrons. The zero-order valence-corrected chi connectivity index (χ0v) is 11.1. The third-order valence-electron chi connectivity index (χ3n) is 2.85. The van der Waals surface area contributed by atoms with E-state index < -0.39 is 0 Å². The molecule has 0 aromatic heterocycles. The fraction of sp³-hybridized carbons (Fsp3) is 1.00. The second kappa shape index (κ2) is 6.55. The quantitative estimate of drug-likeness (QED) is 0.666. The molecule has 1 N–H and O–H groups in total. The molecule has 16 heavy (non-hydrogen) atoms. The van der Waals surface area contributed by atoms with Gasteiger partial charge in [0.25, 0.3) is 0 Å². The number of rotatable bonds is 8. The Hall–Kier alpha value is -0.160. The SMILES string of the molecule is CC(C)OCCN(C)CCOC1(C)CNC1. The monoisotopic (exact) mass is 230 g/mol. The van der Waals surface area contributed by atoms with Gasteiger partial charge in [0.1, 0.15) is 0 Å². The molecule has 1 heterocycles. The lowest BCUT2D eigenvalue weighted by Crippen LogP contribution is -2.59. The summed E-state index contributed by atoms with van der Waals surface area (Å²) in [6.45, 7) is 11.8. The topological polar surface area (TPSA) is 33.7 Å². The van der Waals surface area contributed by atoms with Gasteiger partial charge in [0.05, 0.1) is 24.9 Å². The first-order valence-corrected chi connectivity index (χ1v) is 6.17. The van der Waals surface area contributed by atoms with Crippen molar-refractivity contribution in [3.8, 4) is 0 Å². The van der Waals surface area contributed by atoms with Crippen LogP contribution in [0.15, 0.2) is 0 Å². The Labute approximate surface area is 99.3 Å². The van der Waals surface area contributed by atoms with E-state index in [2.05, 4.69) is 38.0 Å². The number of ether oxygens (including phenoxy) is 2. The lowest BCUT2D eigenvalue weighted by molar-refractivity contribution is -0.0719. The van der Waals surface area contributed by atoms with Gasteiger partial charge in [0.2, 0.25) is 0 Å². The van der Waals surface area contributed by atoms with Crippen molar-refractivity contribution in [2.75, 3.05) is 46.4 Å². The average Bonchev–Trinajstić information content (AvgIpc) is 2.14. The zero-order valence-electron chi connectivity index (χ0n) is 11.1. The molecule has 4 heteroatoms. The van der Waals surface area contributed by atoms with E-state index in [1.54, 1.807) is 0 Å². The van der Waals surface area contributed by atoms with Crippen molar-refractivity contribution in [3.05, 3.63) is 0 Å². The van der Waals surface area contributed by atoms with Gasteiger partial charge in [-0.1, -0.05) is 0 Å². The summed E-state index contributed by atoms with van der Waals surface area (Å²) in [7, 11) is 2.11. The van der Waals surface area contributed by atoms with Crippen LogP contribution in [-0.4, -0.2) is 63.0 Å². The number of hydrogen-bond donors (Lipinski definition) is 1. The molecule has 0 aromatic carbocycles. The van der Waals surface area contributed by atoms with Crippen LogP contribution in [-0.2, 0) is 9.47 Å². The first-order chi connectivity index (χ1) is 7.52. The van der Waals surface area contributed by atoms with E-state index in [0.29, 0.717) is 6.10 Å². The summed E-state index contributed by atoms with van der Waals surface area (Å²) in [5, 5.41) is 3.23. The maximum atomic E-state index is 5.82. The first kappa shape index (κ1) is 13.9. The van der Waals surface area contributed by atoms with Crippen LogP contribution in [0.2, 0.25) is 0 Å². The Bertz CT molecular complexity index is 193. The predicted molar refractivity (Wildman–Crippen MR) is 65.8 cm³/mol. The lowest BCUT2D eigenvalue weighted by atomic mass is 10.0. The Kier molecular flexibility index (Phi) is 5.69. The van der Waals surface area contributed by atoms with Gasteiger partial charge in [0.15, 0.2) is 0 Å². The van der Waals surface area contributed by atoms with Gasteiger partial charge < -0.3 is 19.7 Å². The molecular formula is C12H26N2O2. The first-order valence-electron chi connectivity index (χ1n) is 6.17. The average molecular weight is 230 g/mol. The highest BCUT2D eigenvalue weighted by Crippen LogP contribution is 2.14. The van der Waals surface area contributed by atoms with Crippen molar-refractivity contribution < 1.29 is 9.47 Å². The molecule has 4 nitrogen and oxygen atoms in total. The zero-order chi connectivity index (χ0) is 12.0. The Morgan fingerprint density at radius 2 is 1.88 bits per heavy atom. The maximum Gasteiger partial charge on any atom is 0.0902 e. The van der Waals surface area contributed by atoms with Crippen molar-refractivity contribution in [2.24, 2.45) is 0 Å². The van der Waals surface area contributed by atoms with Crippen LogP contribution in [0, 0.1) is 0 Å².